The van der Waals surface area contributed by atoms with E-state index in [1.807, 2.05) is 36.4 Å². The van der Waals surface area contributed by atoms with Gasteiger partial charge in [0.2, 0.25) is 0 Å². The topological polar surface area (TPSA) is 58.6 Å². The summed E-state index contributed by atoms with van der Waals surface area (Å²) in [5.41, 5.74) is 5.82. The van der Waals surface area contributed by atoms with Gasteiger partial charge >= 0.3 is 6.09 Å². The number of alkyl carbamates (subject to hydrolysis) is 1. The van der Waals surface area contributed by atoms with Gasteiger partial charge in [-0.1, -0.05) is 80.3 Å². The summed E-state index contributed by atoms with van der Waals surface area (Å²) in [6.45, 7) is 7.13. The number of aromatic hydroxyl groups is 1. The molecule has 0 aliphatic heterocycles. The van der Waals surface area contributed by atoms with Crippen LogP contribution in [-0.2, 0) is 4.74 Å². The van der Waals surface area contributed by atoms with Crippen molar-refractivity contribution in [2.24, 2.45) is 0 Å². The van der Waals surface area contributed by atoms with Crippen molar-refractivity contribution in [2.45, 2.75) is 37.6 Å². The molecule has 0 bridgehead atoms. The Kier molecular flexibility index (Phi) is 5.87. The molecular weight excluding hydrogens is 402 g/mol. The molecule has 1 aliphatic carbocycles. The number of amides is 1. The van der Waals surface area contributed by atoms with Crippen molar-refractivity contribution >= 4 is 14.2 Å². The van der Waals surface area contributed by atoms with Crippen LogP contribution in [0.4, 0.5) is 4.79 Å². The van der Waals surface area contributed by atoms with E-state index in [1.165, 1.54) is 22.3 Å². The van der Waals surface area contributed by atoms with Crippen molar-refractivity contribution in [3.63, 3.8) is 0 Å². The average molecular weight is 432 g/mol. The highest BCUT2D eigenvalue weighted by atomic mass is 28.3. The molecular formula is C26H29NO3Si. The second kappa shape index (κ2) is 8.59. The zero-order valence-electron chi connectivity index (χ0n) is 18.3. The van der Waals surface area contributed by atoms with Crippen LogP contribution >= 0.6 is 0 Å². The Hall–Kier alpha value is -3.05. The number of fused-ring (bicyclic) bond motifs is 3. The second-order valence-electron chi connectivity index (χ2n) is 9.38. The predicted molar refractivity (Wildman–Crippen MR) is 127 cm³/mol. The molecule has 160 valence electrons. The van der Waals surface area contributed by atoms with Gasteiger partial charge in [0.25, 0.3) is 0 Å². The van der Waals surface area contributed by atoms with E-state index < -0.39 is 14.2 Å². The molecule has 0 fully saturated rings. The largest absolute Gasteiger partial charge is 0.508 e. The summed E-state index contributed by atoms with van der Waals surface area (Å²) in [4.78, 5) is 12.8. The van der Waals surface area contributed by atoms with Crippen molar-refractivity contribution in [2.75, 3.05) is 6.61 Å². The first-order chi connectivity index (χ1) is 14.8. The number of rotatable bonds is 6. The first kappa shape index (κ1) is 21.2. The van der Waals surface area contributed by atoms with Gasteiger partial charge in [0.15, 0.2) is 0 Å². The molecule has 1 unspecified atom stereocenters. The molecule has 0 spiro atoms. The first-order valence-corrected chi connectivity index (χ1v) is 14.4. The van der Waals surface area contributed by atoms with Crippen LogP contribution in [0, 0.1) is 0 Å². The van der Waals surface area contributed by atoms with Crippen molar-refractivity contribution in [1.82, 2.24) is 5.32 Å². The number of benzene rings is 3. The lowest BCUT2D eigenvalue weighted by molar-refractivity contribution is 0.139. The number of carbonyl (C=O) groups excluding carboxylic acids is 1. The number of phenolic OH excluding ortho intramolecular Hbond substituents is 1. The zero-order chi connectivity index (χ0) is 22.0. The van der Waals surface area contributed by atoms with E-state index in [2.05, 4.69) is 49.2 Å². The van der Waals surface area contributed by atoms with Crippen molar-refractivity contribution < 1.29 is 14.6 Å². The maximum absolute atomic E-state index is 12.8. The molecule has 1 aliphatic rings. The summed E-state index contributed by atoms with van der Waals surface area (Å²) in [7, 11) is -1.46. The molecule has 3 aromatic rings. The van der Waals surface area contributed by atoms with Gasteiger partial charge in [-0.2, -0.15) is 0 Å². The fraction of sp³-hybridized carbons (Fsp3) is 0.269. The van der Waals surface area contributed by atoms with Crippen molar-refractivity contribution in [3.05, 3.63) is 89.5 Å². The van der Waals surface area contributed by atoms with Gasteiger partial charge in [-0.05, 0) is 46.0 Å². The van der Waals surface area contributed by atoms with Gasteiger partial charge in [0, 0.05) is 14.0 Å². The van der Waals surface area contributed by atoms with E-state index in [4.69, 9.17) is 4.74 Å². The third kappa shape index (κ3) is 4.83. The molecule has 2 N–H and O–H groups in total. The van der Waals surface area contributed by atoms with Gasteiger partial charge < -0.3 is 15.2 Å². The van der Waals surface area contributed by atoms with E-state index in [0.29, 0.717) is 6.61 Å². The maximum Gasteiger partial charge on any atom is 0.407 e. The third-order valence-electron chi connectivity index (χ3n) is 5.75. The van der Waals surface area contributed by atoms with Crippen LogP contribution in [0.15, 0.2) is 72.8 Å². The second-order valence-corrected chi connectivity index (χ2v) is 14.9. The van der Waals surface area contributed by atoms with Crippen LogP contribution in [0.1, 0.15) is 28.7 Å². The summed E-state index contributed by atoms with van der Waals surface area (Å²) < 4.78 is 5.75. The molecule has 4 rings (SSSR count). The van der Waals surface area contributed by atoms with Gasteiger partial charge in [0.05, 0.1) is 6.04 Å². The molecule has 0 saturated heterocycles. The standard InChI is InChI=1S/C26H29NO3Si/c1-31(2,3)17-25(18-12-14-19(28)15-13-18)27-26(29)30-16-24-22-10-6-4-8-20(22)21-9-5-7-11-23(21)24/h4-15,24-25,28H,16-17H2,1-3H3,(H,27,29). The molecule has 1 atom stereocenters. The van der Waals surface area contributed by atoms with Crippen LogP contribution in [0.2, 0.25) is 25.7 Å². The normalized spacial score (nSPS) is 13.9. The van der Waals surface area contributed by atoms with Crippen LogP contribution < -0.4 is 5.32 Å². The number of phenols is 1. The fourth-order valence-electron chi connectivity index (χ4n) is 4.35. The smallest absolute Gasteiger partial charge is 0.407 e. The van der Waals surface area contributed by atoms with Crippen LogP contribution in [0.25, 0.3) is 11.1 Å². The summed E-state index contributed by atoms with van der Waals surface area (Å²) in [5, 5.41) is 12.7. The van der Waals surface area contributed by atoms with E-state index in [9.17, 15) is 9.90 Å². The Labute approximate surface area is 184 Å². The molecule has 4 nitrogen and oxygen atoms in total. The third-order valence-corrected chi connectivity index (χ3v) is 7.38. The molecule has 0 saturated carbocycles. The van der Waals surface area contributed by atoms with Gasteiger partial charge in [-0.3, -0.25) is 0 Å². The molecule has 3 aromatic carbocycles. The number of carbonyl (C=O) groups is 1. The van der Waals surface area contributed by atoms with E-state index in [0.717, 1.165) is 11.6 Å². The Balaban J connectivity index is 1.48. The Morgan fingerprint density at radius 2 is 1.48 bits per heavy atom. The summed E-state index contributed by atoms with van der Waals surface area (Å²) in [6, 6.07) is 24.5. The highest BCUT2D eigenvalue weighted by molar-refractivity contribution is 6.76. The molecule has 0 radical (unpaired) electrons. The lowest BCUT2D eigenvalue weighted by Gasteiger charge is -2.26. The highest BCUT2D eigenvalue weighted by Crippen LogP contribution is 2.44. The Morgan fingerprint density at radius 3 is 2.03 bits per heavy atom. The predicted octanol–water partition coefficient (Wildman–Crippen LogP) is 6.31. The minimum atomic E-state index is -1.46. The first-order valence-electron chi connectivity index (χ1n) is 10.7. The van der Waals surface area contributed by atoms with E-state index in [1.54, 1.807) is 12.1 Å². The van der Waals surface area contributed by atoms with Crippen LogP contribution in [0.3, 0.4) is 0 Å². The number of ether oxygens (including phenoxy) is 1. The van der Waals surface area contributed by atoms with Crippen LogP contribution in [-0.4, -0.2) is 25.9 Å². The lowest BCUT2D eigenvalue weighted by Crippen LogP contribution is -2.35. The lowest BCUT2D eigenvalue weighted by atomic mass is 9.98. The minimum absolute atomic E-state index is 0.0438. The summed E-state index contributed by atoms with van der Waals surface area (Å²) in [5.74, 6) is 0.263. The number of hydrogen-bond acceptors (Lipinski definition) is 3. The van der Waals surface area contributed by atoms with Gasteiger partial charge in [0.1, 0.15) is 12.4 Å². The molecule has 5 heteroatoms. The number of hydrogen-bond donors (Lipinski definition) is 2. The highest BCUT2D eigenvalue weighted by Gasteiger charge is 2.30. The maximum atomic E-state index is 12.8. The average Bonchev–Trinajstić information content (AvgIpc) is 3.05. The molecule has 0 heterocycles. The Bertz CT molecular complexity index is 1030. The van der Waals surface area contributed by atoms with E-state index in [-0.39, 0.29) is 17.7 Å². The fourth-order valence-corrected chi connectivity index (χ4v) is 5.92. The van der Waals surface area contributed by atoms with Crippen LogP contribution in [0.5, 0.6) is 5.75 Å². The molecule has 0 aromatic heterocycles. The zero-order valence-corrected chi connectivity index (χ0v) is 19.3. The quantitative estimate of drug-likeness (QED) is 0.450. The Morgan fingerprint density at radius 1 is 0.935 bits per heavy atom. The van der Waals surface area contributed by atoms with Gasteiger partial charge in [-0.15, -0.1) is 0 Å². The molecule has 1 amide bonds. The minimum Gasteiger partial charge on any atom is -0.508 e. The summed E-state index contributed by atoms with van der Waals surface area (Å²) >= 11 is 0. The van der Waals surface area contributed by atoms with Gasteiger partial charge in [-0.25, -0.2) is 4.79 Å². The SMILES string of the molecule is C[Si](C)(C)CC(NC(=O)OCC1c2ccccc2-c2ccccc21)c1ccc(O)cc1. The van der Waals surface area contributed by atoms with Crippen molar-refractivity contribution in [3.8, 4) is 16.9 Å². The molecule has 31 heavy (non-hydrogen) atoms. The monoisotopic (exact) mass is 431 g/mol. The number of nitrogens with one attached hydrogen (secondary N) is 1. The summed E-state index contributed by atoms with van der Waals surface area (Å²) in [6.07, 6.45) is -0.404. The van der Waals surface area contributed by atoms with E-state index >= 15 is 0 Å². The van der Waals surface area contributed by atoms with Crippen molar-refractivity contribution in [1.29, 1.82) is 0 Å².